The molecule has 7 heteroatoms. The zero-order valence-electron chi connectivity index (χ0n) is 17.1. The van der Waals surface area contributed by atoms with Gasteiger partial charge in [-0.25, -0.2) is 4.79 Å². The average Bonchev–Trinajstić information content (AvgIpc) is 3.28. The number of carbonyl (C=O) groups is 2. The van der Waals surface area contributed by atoms with E-state index in [1.54, 1.807) is 53.4 Å². The van der Waals surface area contributed by atoms with Gasteiger partial charge in [0.15, 0.2) is 12.3 Å². The van der Waals surface area contributed by atoms with E-state index in [4.69, 9.17) is 4.74 Å². The second kappa shape index (κ2) is 8.11. The first-order valence-corrected chi connectivity index (χ1v) is 10.3. The highest BCUT2D eigenvalue weighted by atomic mass is 16.5. The van der Waals surface area contributed by atoms with Gasteiger partial charge in [-0.3, -0.25) is 9.59 Å². The van der Waals surface area contributed by atoms with E-state index < -0.39 is 12.6 Å². The van der Waals surface area contributed by atoms with E-state index in [-0.39, 0.29) is 17.2 Å². The van der Waals surface area contributed by atoms with Crippen molar-refractivity contribution in [3.63, 3.8) is 0 Å². The van der Waals surface area contributed by atoms with E-state index in [0.717, 1.165) is 17.7 Å². The molecule has 0 bridgehead atoms. The Bertz CT molecular complexity index is 1400. The van der Waals surface area contributed by atoms with Crippen molar-refractivity contribution in [1.82, 2.24) is 9.78 Å². The van der Waals surface area contributed by atoms with Crippen LogP contribution >= 0.6 is 0 Å². The molecule has 7 nitrogen and oxygen atoms in total. The van der Waals surface area contributed by atoms with Crippen molar-refractivity contribution in [2.45, 2.75) is 6.42 Å². The maximum absolute atomic E-state index is 12.9. The molecule has 0 spiro atoms. The topological polar surface area (TPSA) is 81.5 Å². The molecule has 0 aliphatic carbocycles. The highest BCUT2D eigenvalue weighted by Crippen LogP contribution is 2.27. The number of carbonyl (C=O) groups excluding carboxylic acids is 2. The van der Waals surface area contributed by atoms with Crippen molar-refractivity contribution in [2.24, 2.45) is 0 Å². The van der Waals surface area contributed by atoms with Crippen LogP contribution in [0.1, 0.15) is 16.1 Å². The second-order valence-electron chi connectivity index (χ2n) is 7.45. The Hall–Kier alpha value is -4.26. The number of fused-ring (bicyclic) bond motifs is 2. The molecule has 0 saturated carbocycles. The van der Waals surface area contributed by atoms with Crippen molar-refractivity contribution in [3.8, 4) is 5.69 Å². The van der Waals surface area contributed by atoms with E-state index >= 15 is 0 Å². The largest absolute Gasteiger partial charge is 0.451 e. The number of hydrogen-bond acceptors (Lipinski definition) is 5. The predicted octanol–water partition coefficient (Wildman–Crippen LogP) is 3.13. The quantitative estimate of drug-likeness (QED) is 0.469. The number of ether oxygens (including phenoxy) is 1. The van der Waals surface area contributed by atoms with Gasteiger partial charge in [-0.2, -0.15) is 9.78 Å². The Kier molecular flexibility index (Phi) is 4.99. The van der Waals surface area contributed by atoms with Crippen LogP contribution in [-0.4, -0.2) is 34.8 Å². The summed E-state index contributed by atoms with van der Waals surface area (Å²) in [6.45, 7) is 0.142. The Morgan fingerprint density at radius 2 is 1.56 bits per heavy atom. The summed E-state index contributed by atoms with van der Waals surface area (Å²) in [7, 11) is 0. The molecule has 0 N–H and O–H groups in total. The number of aromatic nitrogens is 2. The number of esters is 1. The number of amides is 1. The van der Waals surface area contributed by atoms with Crippen LogP contribution in [0.2, 0.25) is 0 Å². The number of anilines is 1. The molecule has 3 aromatic carbocycles. The zero-order valence-corrected chi connectivity index (χ0v) is 17.1. The molecule has 1 aliphatic rings. The summed E-state index contributed by atoms with van der Waals surface area (Å²) in [5, 5.41) is 5.02. The molecule has 0 unspecified atom stereocenters. The second-order valence-corrected chi connectivity index (χ2v) is 7.45. The highest BCUT2D eigenvalue weighted by Gasteiger charge is 2.26. The van der Waals surface area contributed by atoms with Gasteiger partial charge in [0.1, 0.15) is 0 Å². The lowest BCUT2D eigenvalue weighted by Crippen LogP contribution is -2.33. The molecule has 2 heterocycles. The molecule has 5 rings (SSSR count). The minimum absolute atomic E-state index is 0.0151. The molecule has 0 atom stereocenters. The third-order valence-electron chi connectivity index (χ3n) is 5.51. The Balaban J connectivity index is 1.44. The summed E-state index contributed by atoms with van der Waals surface area (Å²) in [6.07, 6.45) is 0.768. The van der Waals surface area contributed by atoms with E-state index in [2.05, 4.69) is 5.10 Å². The van der Waals surface area contributed by atoms with Crippen LogP contribution in [0.15, 0.2) is 83.7 Å². The minimum atomic E-state index is -0.758. The van der Waals surface area contributed by atoms with Crippen LogP contribution < -0.4 is 10.5 Å². The van der Waals surface area contributed by atoms with Crippen molar-refractivity contribution in [1.29, 1.82) is 0 Å². The fraction of sp³-hybridized carbons (Fsp3) is 0.120. The van der Waals surface area contributed by atoms with Crippen LogP contribution in [0.25, 0.3) is 16.5 Å². The summed E-state index contributed by atoms with van der Waals surface area (Å²) in [4.78, 5) is 40.2. The number of rotatable bonds is 4. The van der Waals surface area contributed by atoms with Crippen LogP contribution in [0, 0.1) is 0 Å². The van der Waals surface area contributed by atoms with Gasteiger partial charge in [-0.1, -0.05) is 54.6 Å². The van der Waals surface area contributed by atoms with Gasteiger partial charge in [0, 0.05) is 17.6 Å². The summed E-state index contributed by atoms with van der Waals surface area (Å²) >= 11 is 0. The molecule has 0 radical (unpaired) electrons. The molecule has 32 heavy (non-hydrogen) atoms. The average molecular weight is 425 g/mol. The van der Waals surface area contributed by atoms with E-state index in [1.165, 1.54) is 4.68 Å². The Labute approximate surface area is 183 Å². The third-order valence-corrected chi connectivity index (χ3v) is 5.51. The highest BCUT2D eigenvalue weighted by molar-refractivity contribution is 6.04. The fourth-order valence-corrected chi connectivity index (χ4v) is 3.96. The summed E-state index contributed by atoms with van der Waals surface area (Å²) < 4.78 is 6.53. The predicted molar refractivity (Wildman–Crippen MR) is 120 cm³/mol. The van der Waals surface area contributed by atoms with Crippen LogP contribution in [0.5, 0.6) is 0 Å². The Morgan fingerprint density at radius 3 is 2.38 bits per heavy atom. The lowest BCUT2D eigenvalue weighted by Gasteiger charge is -2.17. The molecule has 0 fully saturated rings. The monoisotopic (exact) mass is 425 g/mol. The van der Waals surface area contributed by atoms with Gasteiger partial charge in [-0.05, 0) is 36.2 Å². The third kappa shape index (κ3) is 3.43. The number of benzene rings is 3. The molecule has 158 valence electrons. The van der Waals surface area contributed by atoms with Crippen molar-refractivity contribution >= 4 is 28.3 Å². The lowest BCUT2D eigenvalue weighted by atomic mass is 10.1. The van der Waals surface area contributed by atoms with E-state index in [9.17, 15) is 14.4 Å². The first-order valence-electron chi connectivity index (χ1n) is 10.3. The summed E-state index contributed by atoms with van der Waals surface area (Å²) in [5.41, 5.74) is 2.11. The molecule has 1 aliphatic heterocycles. The molecule has 1 aromatic heterocycles. The van der Waals surface area contributed by atoms with Crippen molar-refractivity contribution in [2.75, 3.05) is 18.1 Å². The Morgan fingerprint density at radius 1 is 0.875 bits per heavy atom. The molecule has 0 saturated heterocycles. The van der Waals surface area contributed by atoms with Gasteiger partial charge in [0.2, 0.25) is 0 Å². The first-order chi connectivity index (χ1) is 15.6. The standard InChI is InChI=1S/C25H19N3O4/c29-22(27-15-14-17-8-4-7-13-21(17)27)16-32-25(31)23-19-11-5-6-12-20(19)24(30)28(26-23)18-9-2-1-3-10-18/h1-13H,14-16H2. The summed E-state index contributed by atoms with van der Waals surface area (Å²) in [5.74, 6) is -1.06. The number of hydrogen-bond donors (Lipinski definition) is 0. The fourth-order valence-electron chi connectivity index (χ4n) is 3.96. The molecular formula is C25H19N3O4. The normalized spacial score (nSPS) is 12.6. The van der Waals surface area contributed by atoms with Gasteiger partial charge in [0.25, 0.3) is 11.5 Å². The van der Waals surface area contributed by atoms with Crippen LogP contribution in [0.3, 0.4) is 0 Å². The van der Waals surface area contributed by atoms with Gasteiger partial charge >= 0.3 is 5.97 Å². The molecule has 4 aromatic rings. The van der Waals surface area contributed by atoms with Gasteiger partial charge in [-0.15, -0.1) is 0 Å². The van der Waals surface area contributed by atoms with Crippen LogP contribution in [-0.2, 0) is 16.0 Å². The number of para-hydroxylation sites is 2. The smallest absolute Gasteiger partial charge is 0.359 e. The van der Waals surface area contributed by atoms with E-state index in [1.807, 2.05) is 30.3 Å². The molecule has 1 amide bonds. The SMILES string of the molecule is O=C(OCC(=O)N1CCc2ccccc21)c1nn(-c2ccccc2)c(=O)c2ccccc12. The minimum Gasteiger partial charge on any atom is -0.451 e. The van der Waals surface area contributed by atoms with Gasteiger partial charge < -0.3 is 9.64 Å². The van der Waals surface area contributed by atoms with Crippen molar-refractivity contribution in [3.05, 3.63) is 100 Å². The van der Waals surface area contributed by atoms with Crippen LogP contribution in [0.4, 0.5) is 5.69 Å². The van der Waals surface area contributed by atoms with Crippen molar-refractivity contribution < 1.29 is 14.3 Å². The maximum Gasteiger partial charge on any atom is 0.359 e. The molecular weight excluding hydrogens is 406 g/mol. The van der Waals surface area contributed by atoms with Gasteiger partial charge in [0.05, 0.1) is 11.1 Å². The zero-order chi connectivity index (χ0) is 22.1. The maximum atomic E-state index is 12.9. The lowest BCUT2D eigenvalue weighted by molar-refractivity contribution is -0.121. The summed E-state index contributed by atoms with van der Waals surface area (Å²) in [6, 6.07) is 23.3. The van der Waals surface area contributed by atoms with E-state index in [0.29, 0.717) is 23.0 Å². The number of nitrogens with zero attached hydrogens (tertiary/aromatic N) is 3. The first kappa shape index (κ1) is 19.7.